The molecule has 17 heavy (non-hydrogen) atoms. The van der Waals surface area contributed by atoms with Crippen molar-refractivity contribution in [3.8, 4) is 0 Å². The molecule has 0 amide bonds. The van der Waals surface area contributed by atoms with Crippen LogP contribution in [0.1, 0.15) is 54.4 Å². The second kappa shape index (κ2) is 7.75. The Labute approximate surface area is 116 Å². The van der Waals surface area contributed by atoms with Crippen LogP contribution in [-0.4, -0.2) is 30.2 Å². The van der Waals surface area contributed by atoms with Crippen molar-refractivity contribution in [2.24, 2.45) is 5.41 Å². The van der Waals surface area contributed by atoms with Gasteiger partial charge in [-0.2, -0.15) is 0 Å². The van der Waals surface area contributed by atoms with Crippen molar-refractivity contribution in [2.75, 3.05) is 18.5 Å². The Hall–Kier alpha value is 0.400. The average Bonchev–Trinajstić information content (AvgIpc) is 2.24. The van der Waals surface area contributed by atoms with Crippen molar-refractivity contribution >= 4 is 15.9 Å². The second-order valence-corrected chi connectivity index (χ2v) is 6.63. The summed E-state index contributed by atoms with van der Waals surface area (Å²) in [6.45, 7) is 14.5. The number of halogens is 1. The standard InChI is InChI=1S/C14H29BrO2/c1-7-10-17-14(5,6)13(3,4)11-16-12(2)8-9-15/h12H,7-11H2,1-6H3. The zero-order valence-electron chi connectivity index (χ0n) is 12.3. The highest BCUT2D eigenvalue weighted by Gasteiger charge is 2.38. The zero-order valence-corrected chi connectivity index (χ0v) is 13.9. The van der Waals surface area contributed by atoms with Gasteiger partial charge in [-0.3, -0.25) is 0 Å². The maximum atomic E-state index is 5.95. The highest BCUT2D eigenvalue weighted by Crippen LogP contribution is 2.34. The number of alkyl halides is 1. The molecule has 104 valence electrons. The summed E-state index contributed by atoms with van der Waals surface area (Å²) < 4.78 is 11.8. The molecule has 0 rings (SSSR count). The van der Waals surface area contributed by atoms with Crippen molar-refractivity contribution in [1.82, 2.24) is 0 Å². The molecule has 0 radical (unpaired) electrons. The van der Waals surface area contributed by atoms with Crippen LogP contribution >= 0.6 is 15.9 Å². The molecule has 0 aromatic rings. The van der Waals surface area contributed by atoms with Crippen molar-refractivity contribution in [3.05, 3.63) is 0 Å². The van der Waals surface area contributed by atoms with Crippen molar-refractivity contribution < 1.29 is 9.47 Å². The normalized spacial score (nSPS) is 15.0. The molecule has 0 aliphatic rings. The Morgan fingerprint density at radius 1 is 1.18 bits per heavy atom. The van der Waals surface area contributed by atoms with Crippen LogP contribution in [0.5, 0.6) is 0 Å². The minimum atomic E-state index is -0.156. The van der Waals surface area contributed by atoms with Gasteiger partial charge < -0.3 is 9.47 Å². The molecular weight excluding hydrogens is 280 g/mol. The Kier molecular flexibility index (Phi) is 7.93. The highest BCUT2D eigenvalue weighted by atomic mass is 79.9. The summed E-state index contributed by atoms with van der Waals surface area (Å²) in [5, 5.41) is 0.990. The molecule has 0 N–H and O–H groups in total. The minimum Gasteiger partial charge on any atom is -0.378 e. The van der Waals surface area contributed by atoms with Crippen LogP contribution in [0, 0.1) is 5.41 Å². The summed E-state index contributed by atoms with van der Waals surface area (Å²) >= 11 is 3.44. The topological polar surface area (TPSA) is 18.5 Å². The van der Waals surface area contributed by atoms with Gasteiger partial charge in [-0.15, -0.1) is 0 Å². The van der Waals surface area contributed by atoms with Gasteiger partial charge in [-0.25, -0.2) is 0 Å². The van der Waals surface area contributed by atoms with Gasteiger partial charge in [0.25, 0.3) is 0 Å². The van der Waals surface area contributed by atoms with E-state index in [1.54, 1.807) is 0 Å². The molecule has 0 fully saturated rings. The molecule has 0 aliphatic heterocycles. The van der Waals surface area contributed by atoms with Crippen molar-refractivity contribution in [2.45, 2.75) is 66.1 Å². The fourth-order valence-electron chi connectivity index (χ4n) is 1.31. The largest absolute Gasteiger partial charge is 0.378 e. The van der Waals surface area contributed by atoms with Gasteiger partial charge in [-0.05, 0) is 33.6 Å². The first-order chi connectivity index (χ1) is 7.77. The maximum absolute atomic E-state index is 5.95. The molecule has 0 aromatic heterocycles. The Bertz CT molecular complexity index is 202. The molecule has 0 spiro atoms. The minimum absolute atomic E-state index is 0.0166. The summed E-state index contributed by atoms with van der Waals surface area (Å²) in [4.78, 5) is 0. The maximum Gasteiger partial charge on any atom is 0.0699 e. The predicted octanol–water partition coefficient (Wildman–Crippen LogP) is 4.41. The van der Waals surface area contributed by atoms with Crippen LogP contribution in [0.4, 0.5) is 0 Å². The smallest absolute Gasteiger partial charge is 0.0699 e. The SMILES string of the molecule is CCCOC(C)(C)C(C)(C)COC(C)CCBr. The van der Waals surface area contributed by atoms with Crippen LogP contribution in [0.25, 0.3) is 0 Å². The molecule has 2 nitrogen and oxygen atoms in total. The highest BCUT2D eigenvalue weighted by molar-refractivity contribution is 9.09. The number of ether oxygens (including phenoxy) is 2. The Morgan fingerprint density at radius 2 is 1.76 bits per heavy atom. The fraction of sp³-hybridized carbons (Fsp3) is 1.00. The van der Waals surface area contributed by atoms with Gasteiger partial charge in [0.1, 0.15) is 0 Å². The quantitative estimate of drug-likeness (QED) is 0.587. The lowest BCUT2D eigenvalue weighted by atomic mass is 9.77. The van der Waals surface area contributed by atoms with E-state index in [1.165, 1.54) is 0 Å². The van der Waals surface area contributed by atoms with Crippen LogP contribution in [0.15, 0.2) is 0 Å². The van der Waals surface area contributed by atoms with E-state index in [0.717, 1.165) is 31.4 Å². The van der Waals surface area contributed by atoms with Gasteiger partial charge in [0.15, 0.2) is 0 Å². The fourth-order valence-corrected chi connectivity index (χ4v) is 1.96. The van der Waals surface area contributed by atoms with Gasteiger partial charge in [0.2, 0.25) is 0 Å². The molecule has 0 bridgehead atoms. The first-order valence-corrected chi connectivity index (χ1v) is 7.70. The summed E-state index contributed by atoms with van der Waals surface area (Å²) in [6.07, 6.45) is 2.41. The number of rotatable bonds is 9. The summed E-state index contributed by atoms with van der Waals surface area (Å²) in [6, 6.07) is 0. The van der Waals surface area contributed by atoms with E-state index in [0.29, 0.717) is 6.10 Å². The average molecular weight is 309 g/mol. The molecule has 1 atom stereocenters. The molecule has 3 heteroatoms. The third-order valence-corrected chi connectivity index (χ3v) is 4.00. The van der Waals surface area contributed by atoms with E-state index >= 15 is 0 Å². The third kappa shape index (κ3) is 6.21. The first kappa shape index (κ1) is 17.4. The van der Waals surface area contributed by atoms with Gasteiger partial charge >= 0.3 is 0 Å². The van der Waals surface area contributed by atoms with Crippen LogP contribution < -0.4 is 0 Å². The van der Waals surface area contributed by atoms with E-state index in [-0.39, 0.29) is 11.0 Å². The van der Waals surface area contributed by atoms with E-state index in [4.69, 9.17) is 9.47 Å². The summed E-state index contributed by atoms with van der Waals surface area (Å²) in [5.74, 6) is 0. The second-order valence-electron chi connectivity index (χ2n) is 5.84. The van der Waals surface area contributed by atoms with Gasteiger partial charge in [-0.1, -0.05) is 36.7 Å². The lowest BCUT2D eigenvalue weighted by Crippen LogP contribution is -2.45. The van der Waals surface area contributed by atoms with Crippen LogP contribution in [0.3, 0.4) is 0 Å². The molecule has 0 heterocycles. The lowest BCUT2D eigenvalue weighted by Gasteiger charge is -2.41. The van der Waals surface area contributed by atoms with E-state index in [2.05, 4.69) is 57.5 Å². The molecule has 0 aromatic carbocycles. The van der Waals surface area contributed by atoms with Crippen LogP contribution in [-0.2, 0) is 9.47 Å². The Morgan fingerprint density at radius 3 is 2.24 bits per heavy atom. The van der Waals surface area contributed by atoms with Gasteiger partial charge in [0, 0.05) is 17.4 Å². The lowest BCUT2D eigenvalue weighted by molar-refractivity contribution is -0.132. The monoisotopic (exact) mass is 308 g/mol. The summed E-state index contributed by atoms with van der Waals surface area (Å²) in [7, 11) is 0. The van der Waals surface area contributed by atoms with E-state index in [9.17, 15) is 0 Å². The third-order valence-electron chi connectivity index (χ3n) is 3.54. The molecule has 0 saturated carbocycles. The predicted molar refractivity (Wildman–Crippen MR) is 77.9 cm³/mol. The number of hydrogen-bond donors (Lipinski definition) is 0. The molecule has 1 unspecified atom stereocenters. The van der Waals surface area contributed by atoms with E-state index < -0.39 is 0 Å². The first-order valence-electron chi connectivity index (χ1n) is 6.58. The molecule has 0 aliphatic carbocycles. The zero-order chi connectivity index (χ0) is 13.5. The van der Waals surface area contributed by atoms with E-state index in [1.807, 2.05) is 0 Å². The molecule has 0 saturated heterocycles. The van der Waals surface area contributed by atoms with Crippen molar-refractivity contribution in [3.63, 3.8) is 0 Å². The summed E-state index contributed by atoms with van der Waals surface area (Å²) in [5.41, 5.74) is -0.139. The van der Waals surface area contributed by atoms with Crippen molar-refractivity contribution in [1.29, 1.82) is 0 Å². The Balaban J connectivity index is 4.24. The van der Waals surface area contributed by atoms with Crippen LogP contribution in [0.2, 0.25) is 0 Å². The number of hydrogen-bond acceptors (Lipinski definition) is 2. The molecular formula is C14H29BrO2. The van der Waals surface area contributed by atoms with Gasteiger partial charge in [0.05, 0.1) is 18.3 Å².